The second-order valence-electron chi connectivity index (χ2n) is 5.61. The van der Waals surface area contributed by atoms with Gasteiger partial charge >= 0.3 is 0 Å². The van der Waals surface area contributed by atoms with Crippen LogP contribution in [0, 0.1) is 13.8 Å². The van der Waals surface area contributed by atoms with Crippen LogP contribution in [-0.2, 0) is 17.9 Å². The van der Waals surface area contributed by atoms with E-state index < -0.39 is 0 Å². The fourth-order valence-corrected chi connectivity index (χ4v) is 2.56. The lowest BCUT2D eigenvalue weighted by molar-refractivity contribution is -0.121. The number of nitrogens with one attached hydrogen (secondary N) is 1. The second kappa shape index (κ2) is 7.08. The van der Waals surface area contributed by atoms with Gasteiger partial charge < -0.3 is 5.32 Å². The van der Waals surface area contributed by atoms with Gasteiger partial charge in [-0.2, -0.15) is 10.2 Å². The molecule has 7 heteroatoms. The quantitative estimate of drug-likeness (QED) is 0.750. The van der Waals surface area contributed by atoms with Crippen molar-refractivity contribution in [2.45, 2.75) is 33.4 Å². The highest BCUT2D eigenvalue weighted by atomic mass is 16.1. The maximum atomic E-state index is 12.1. The normalized spacial score (nSPS) is 10.8. The van der Waals surface area contributed by atoms with Crippen LogP contribution in [0.15, 0.2) is 42.9 Å². The van der Waals surface area contributed by atoms with Gasteiger partial charge in [0, 0.05) is 49.4 Å². The summed E-state index contributed by atoms with van der Waals surface area (Å²) in [7, 11) is 0. The molecule has 0 saturated heterocycles. The van der Waals surface area contributed by atoms with Crippen molar-refractivity contribution >= 4 is 5.91 Å². The molecule has 124 valence electrons. The second-order valence-corrected chi connectivity index (χ2v) is 5.61. The molecule has 24 heavy (non-hydrogen) atoms. The van der Waals surface area contributed by atoms with Crippen molar-refractivity contribution in [1.29, 1.82) is 0 Å². The summed E-state index contributed by atoms with van der Waals surface area (Å²) in [6.07, 6.45) is 5.63. The number of aromatic nitrogens is 5. The molecule has 1 N–H and O–H groups in total. The first-order valence-electron chi connectivity index (χ1n) is 7.85. The van der Waals surface area contributed by atoms with Crippen LogP contribution < -0.4 is 5.32 Å². The Bertz CT molecular complexity index is 821. The SMILES string of the molecule is Cc1cc(C)n(CCC(=O)NCc2cccnc2-n2cccn2)n1. The van der Waals surface area contributed by atoms with Crippen molar-refractivity contribution in [3.63, 3.8) is 0 Å². The van der Waals surface area contributed by atoms with Crippen molar-refractivity contribution in [2.24, 2.45) is 0 Å². The number of pyridine rings is 1. The van der Waals surface area contributed by atoms with Crippen molar-refractivity contribution in [3.05, 3.63) is 59.8 Å². The van der Waals surface area contributed by atoms with Crippen LogP contribution in [0.1, 0.15) is 23.4 Å². The molecule has 0 fully saturated rings. The minimum atomic E-state index is -0.0159. The van der Waals surface area contributed by atoms with E-state index in [1.54, 1.807) is 17.1 Å². The van der Waals surface area contributed by atoms with Crippen LogP contribution in [0.25, 0.3) is 5.82 Å². The summed E-state index contributed by atoms with van der Waals surface area (Å²) in [6.45, 7) is 4.93. The standard InChI is InChI=1S/C17H20N6O/c1-13-11-14(2)22(21-13)10-6-16(24)19-12-15-5-3-7-18-17(15)23-9-4-8-20-23/h3-5,7-9,11H,6,10,12H2,1-2H3,(H,19,24). The molecule has 3 heterocycles. The number of aryl methyl sites for hydroxylation is 3. The number of carbonyl (C=O) groups excluding carboxylic acids is 1. The van der Waals surface area contributed by atoms with E-state index >= 15 is 0 Å². The summed E-state index contributed by atoms with van der Waals surface area (Å²) in [6, 6.07) is 7.63. The molecule has 0 bridgehead atoms. The van der Waals surface area contributed by atoms with Crippen molar-refractivity contribution in [3.8, 4) is 5.82 Å². The lowest BCUT2D eigenvalue weighted by atomic mass is 10.2. The zero-order valence-corrected chi connectivity index (χ0v) is 13.8. The van der Waals surface area contributed by atoms with E-state index in [9.17, 15) is 4.79 Å². The first kappa shape index (κ1) is 15.9. The lowest BCUT2D eigenvalue weighted by Gasteiger charge is -2.10. The minimum absolute atomic E-state index is 0.0159. The van der Waals surface area contributed by atoms with E-state index in [0.29, 0.717) is 19.5 Å². The summed E-state index contributed by atoms with van der Waals surface area (Å²) in [5.74, 6) is 0.708. The average Bonchev–Trinajstić information content (AvgIpc) is 3.21. The van der Waals surface area contributed by atoms with Crippen molar-refractivity contribution < 1.29 is 4.79 Å². The largest absolute Gasteiger partial charge is 0.352 e. The highest BCUT2D eigenvalue weighted by Crippen LogP contribution is 2.10. The summed E-state index contributed by atoms with van der Waals surface area (Å²) in [5, 5.41) is 11.5. The highest BCUT2D eigenvalue weighted by Gasteiger charge is 2.09. The number of nitrogens with zero attached hydrogens (tertiary/aromatic N) is 5. The maximum Gasteiger partial charge on any atom is 0.222 e. The molecule has 3 aromatic rings. The molecular formula is C17H20N6O. The average molecular weight is 324 g/mol. The van der Waals surface area contributed by atoms with Gasteiger partial charge in [0.2, 0.25) is 5.91 Å². The van der Waals surface area contributed by atoms with E-state index in [2.05, 4.69) is 20.5 Å². The monoisotopic (exact) mass is 324 g/mol. The molecule has 0 aliphatic rings. The Kier molecular flexibility index (Phi) is 4.69. The van der Waals surface area contributed by atoms with E-state index in [1.165, 1.54) is 0 Å². The Balaban J connectivity index is 1.58. The van der Waals surface area contributed by atoms with Gasteiger partial charge in [0.1, 0.15) is 0 Å². The third kappa shape index (κ3) is 3.68. The molecule has 7 nitrogen and oxygen atoms in total. The van der Waals surface area contributed by atoms with Gasteiger partial charge in [0.25, 0.3) is 0 Å². The van der Waals surface area contributed by atoms with Crippen molar-refractivity contribution in [2.75, 3.05) is 0 Å². The van der Waals surface area contributed by atoms with E-state index in [0.717, 1.165) is 22.8 Å². The number of hydrogen-bond acceptors (Lipinski definition) is 4. The molecule has 0 aliphatic heterocycles. The Hall–Kier alpha value is -2.96. The molecule has 0 radical (unpaired) electrons. The smallest absolute Gasteiger partial charge is 0.222 e. The molecular weight excluding hydrogens is 304 g/mol. The first-order chi connectivity index (χ1) is 11.6. The number of amides is 1. The van der Waals surface area contributed by atoms with Crippen LogP contribution in [0.5, 0.6) is 0 Å². The summed E-state index contributed by atoms with van der Waals surface area (Å²) >= 11 is 0. The van der Waals surface area contributed by atoms with Crippen LogP contribution in [-0.4, -0.2) is 30.5 Å². The first-order valence-corrected chi connectivity index (χ1v) is 7.85. The molecule has 0 unspecified atom stereocenters. The Morgan fingerprint density at radius 3 is 2.83 bits per heavy atom. The third-order valence-corrected chi connectivity index (χ3v) is 3.72. The highest BCUT2D eigenvalue weighted by molar-refractivity contribution is 5.75. The zero-order valence-electron chi connectivity index (χ0n) is 13.8. The molecule has 0 aliphatic carbocycles. The summed E-state index contributed by atoms with van der Waals surface area (Å²) in [4.78, 5) is 16.5. The predicted octanol–water partition coefficient (Wildman–Crippen LogP) is 1.79. The molecule has 3 aromatic heterocycles. The summed E-state index contributed by atoms with van der Waals surface area (Å²) in [5.41, 5.74) is 2.95. The lowest BCUT2D eigenvalue weighted by Crippen LogP contribution is -2.25. The molecule has 1 amide bonds. The fourth-order valence-electron chi connectivity index (χ4n) is 2.56. The van der Waals surface area contributed by atoms with Gasteiger partial charge in [-0.05, 0) is 32.0 Å². The van der Waals surface area contributed by atoms with Crippen LogP contribution >= 0.6 is 0 Å². The van der Waals surface area contributed by atoms with E-state index in [1.807, 2.05) is 49.0 Å². The zero-order chi connectivity index (χ0) is 16.9. The Morgan fingerprint density at radius 1 is 1.25 bits per heavy atom. The van der Waals surface area contributed by atoms with Gasteiger partial charge in [-0.15, -0.1) is 0 Å². The molecule has 0 spiro atoms. The van der Waals surface area contributed by atoms with Gasteiger partial charge in [-0.1, -0.05) is 6.07 Å². The molecule has 3 rings (SSSR count). The number of hydrogen-bond donors (Lipinski definition) is 1. The topological polar surface area (TPSA) is 77.6 Å². The number of carbonyl (C=O) groups is 1. The number of rotatable bonds is 6. The van der Waals surface area contributed by atoms with Crippen LogP contribution in [0.3, 0.4) is 0 Å². The van der Waals surface area contributed by atoms with E-state index in [-0.39, 0.29) is 5.91 Å². The van der Waals surface area contributed by atoms with Gasteiger partial charge in [0.05, 0.1) is 5.69 Å². The van der Waals surface area contributed by atoms with Gasteiger partial charge in [-0.25, -0.2) is 9.67 Å². The van der Waals surface area contributed by atoms with Crippen LogP contribution in [0.2, 0.25) is 0 Å². The predicted molar refractivity (Wildman–Crippen MR) is 89.5 cm³/mol. The van der Waals surface area contributed by atoms with Gasteiger partial charge in [-0.3, -0.25) is 9.48 Å². The Morgan fingerprint density at radius 2 is 2.12 bits per heavy atom. The third-order valence-electron chi connectivity index (χ3n) is 3.72. The Labute approximate surface area is 140 Å². The summed E-state index contributed by atoms with van der Waals surface area (Å²) < 4.78 is 3.55. The van der Waals surface area contributed by atoms with Crippen molar-refractivity contribution in [1.82, 2.24) is 29.9 Å². The fraction of sp³-hybridized carbons (Fsp3) is 0.294. The maximum absolute atomic E-state index is 12.1. The van der Waals surface area contributed by atoms with Gasteiger partial charge in [0.15, 0.2) is 5.82 Å². The van der Waals surface area contributed by atoms with E-state index in [4.69, 9.17) is 0 Å². The minimum Gasteiger partial charge on any atom is -0.352 e. The molecule has 0 saturated carbocycles. The van der Waals surface area contributed by atoms with Crippen LogP contribution in [0.4, 0.5) is 0 Å². The molecule has 0 aromatic carbocycles. The molecule has 0 atom stereocenters.